The van der Waals surface area contributed by atoms with Crippen molar-refractivity contribution < 1.29 is 24.4 Å². The van der Waals surface area contributed by atoms with Crippen LogP contribution in [0.1, 0.15) is 51.5 Å². The van der Waals surface area contributed by atoms with Crippen LogP contribution >= 0.6 is 0 Å². The zero-order valence-corrected chi connectivity index (χ0v) is 13.7. The number of benzene rings is 1. The lowest BCUT2D eigenvalue weighted by Gasteiger charge is -2.54. The van der Waals surface area contributed by atoms with E-state index in [1.54, 1.807) is 6.92 Å². The van der Waals surface area contributed by atoms with Gasteiger partial charge in [0.1, 0.15) is 11.0 Å². The average Bonchev–Trinajstić information content (AvgIpc) is 2.56. The lowest BCUT2D eigenvalue weighted by Crippen LogP contribution is -2.63. The molecule has 1 saturated carbocycles. The van der Waals surface area contributed by atoms with E-state index in [0.717, 1.165) is 18.4 Å². The third-order valence-electron chi connectivity index (χ3n) is 5.17. The molecule has 5 nitrogen and oxygen atoms in total. The van der Waals surface area contributed by atoms with Crippen LogP contribution in [0.3, 0.4) is 0 Å². The van der Waals surface area contributed by atoms with E-state index in [0.29, 0.717) is 19.3 Å². The fourth-order valence-corrected chi connectivity index (χ4v) is 3.88. The molecule has 0 radical (unpaired) electrons. The molecule has 0 aromatic heterocycles. The van der Waals surface area contributed by atoms with Gasteiger partial charge in [-0.1, -0.05) is 36.8 Å². The normalized spacial score (nSPS) is 37.0. The molecule has 0 bridgehead atoms. The summed E-state index contributed by atoms with van der Waals surface area (Å²) in [6.45, 7) is 3.93. The summed E-state index contributed by atoms with van der Waals surface area (Å²) in [6, 6.07) is 9.64. The molecule has 1 aliphatic heterocycles. The Morgan fingerprint density at radius 3 is 2.61 bits per heavy atom. The van der Waals surface area contributed by atoms with E-state index >= 15 is 0 Å². The summed E-state index contributed by atoms with van der Waals surface area (Å²) in [6.07, 6.45) is 2.89. The van der Waals surface area contributed by atoms with Crippen molar-refractivity contribution in [1.29, 1.82) is 0 Å². The average molecular weight is 320 g/mol. The quantitative estimate of drug-likeness (QED) is 0.685. The molecule has 3 unspecified atom stereocenters. The maximum Gasteiger partial charge on any atom is 0.317 e. The molecular weight excluding hydrogens is 296 g/mol. The van der Waals surface area contributed by atoms with E-state index in [9.17, 15) is 9.90 Å². The van der Waals surface area contributed by atoms with Gasteiger partial charge in [0.25, 0.3) is 0 Å². The number of ether oxygens (including phenoxy) is 1. The molecule has 0 amide bonds. The van der Waals surface area contributed by atoms with Gasteiger partial charge in [-0.15, -0.1) is 0 Å². The SMILES string of the molecule is CCOC(=O)C12CCCCC1(O)OOC(C)(c1ccccc1)C2. The number of esters is 1. The topological polar surface area (TPSA) is 65.0 Å². The maximum atomic E-state index is 12.8. The van der Waals surface area contributed by atoms with Crippen molar-refractivity contribution in [1.82, 2.24) is 0 Å². The molecule has 126 valence electrons. The largest absolute Gasteiger partial charge is 0.465 e. The van der Waals surface area contributed by atoms with Crippen molar-refractivity contribution in [3.8, 4) is 0 Å². The first-order chi connectivity index (χ1) is 11.0. The Morgan fingerprint density at radius 2 is 1.91 bits per heavy atom. The Hall–Kier alpha value is -1.43. The van der Waals surface area contributed by atoms with Gasteiger partial charge >= 0.3 is 5.97 Å². The van der Waals surface area contributed by atoms with Gasteiger partial charge in [0.2, 0.25) is 5.79 Å². The van der Waals surface area contributed by atoms with E-state index in [4.69, 9.17) is 14.5 Å². The van der Waals surface area contributed by atoms with Gasteiger partial charge in [0.15, 0.2) is 0 Å². The van der Waals surface area contributed by atoms with Crippen molar-refractivity contribution >= 4 is 5.97 Å². The molecule has 1 aliphatic carbocycles. The Labute approximate surface area is 136 Å². The van der Waals surface area contributed by atoms with E-state index in [1.165, 1.54) is 0 Å². The first-order valence-electron chi connectivity index (χ1n) is 8.28. The van der Waals surface area contributed by atoms with Gasteiger partial charge in [0.05, 0.1) is 6.61 Å². The van der Waals surface area contributed by atoms with Gasteiger partial charge in [0, 0.05) is 12.8 Å². The number of hydrogen-bond donors (Lipinski definition) is 1. The maximum absolute atomic E-state index is 12.8. The molecule has 1 aromatic rings. The lowest BCUT2D eigenvalue weighted by atomic mass is 9.62. The highest BCUT2D eigenvalue weighted by Gasteiger charge is 2.66. The second-order valence-corrected chi connectivity index (χ2v) is 6.73. The number of carbonyl (C=O) groups excluding carboxylic acids is 1. The van der Waals surface area contributed by atoms with Crippen molar-refractivity contribution in [2.45, 2.75) is 57.3 Å². The minimum atomic E-state index is -1.62. The summed E-state index contributed by atoms with van der Waals surface area (Å²) in [5, 5.41) is 11.0. The third-order valence-corrected chi connectivity index (χ3v) is 5.17. The second kappa shape index (κ2) is 5.89. The number of aliphatic hydroxyl groups is 1. The summed E-state index contributed by atoms with van der Waals surface area (Å²) >= 11 is 0. The van der Waals surface area contributed by atoms with Crippen molar-refractivity contribution in [3.63, 3.8) is 0 Å². The smallest absolute Gasteiger partial charge is 0.317 e. The van der Waals surface area contributed by atoms with Crippen molar-refractivity contribution in [3.05, 3.63) is 35.9 Å². The van der Waals surface area contributed by atoms with Crippen LogP contribution in [-0.2, 0) is 24.9 Å². The lowest BCUT2D eigenvalue weighted by molar-refractivity contribution is -0.520. The molecule has 1 N–H and O–H groups in total. The highest BCUT2D eigenvalue weighted by Crippen LogP contribution is 2.57. The van der Waals surface area contributed by atoms with Crippen molar-refractivity contribution in [2.24, 2.45) is 5.41 Å². The van der Waals surface area contributed by atoms with Crippen LogP contribution in [0.15, 0.2) is 30.3 Å². The number of hydrogen-bond acceptors (Lipinski definition) is 5. The molecule has 23 heavy (non-hydrogen) atoms. The van der Waals surface area contributed by atoms with Crippen LogP contribution in [0.5, 0.6) is 0 Å². The predicted molar refractivity (Wildman–Crippen MR) is 83.1 cm³/mol. The van der Waals surface area contributed by atoms with Crippen LogP contribution in [0.4, 0.5) is 0 Å². The molecule has 2 aliphatic rings. The minimum absolute atomic E-state index is 0.277. The van der Waals surface area contributed by atoms with Gasteiger partial charge in [-0.2, -0.15) is 4.89 Å². The molecule has 1 aromatic carbocycles. The van der Waals surface area contributed by atoms with E-state index in [-0.39, 0.29) is 6.61 Å². The van der Waals surface area contributed by atoms with Crippen LogP contribution in [0.25, 0.3) is 0 Å². The Morgan fingerprint density at radius 1 is 1.22 bits per heavy atom. The van der Waals surface area contributed by atoms with E-state index < -0.39 is 22.8 Å². The van der Waals surface area contributed by atoms with E-state index in [1.807, 2.05) is 37.3 Å². The van der Waals surface area contributed by atoms with Crippen LogP contribution in [-0.4, -0.2) is 23.5 Å². The monoisotopic (exact) mass is 320 g/mol. The van der Waals surface area contributed by atoms with Gasteiger partial charge in [-0.25, -0.2) is 4.89 Å². The number of rotatable bonds is 3. The number of fused-ring (bicyclic) bond motifs is 1. The van der Waals surface area contributed by atoms with Gasteiger partial charge < -0.3 is 9.84 Å². The zero-order chi connectivity index (χ0) is 16.6. The second-order valence-electron chi connectivity index (χ2n) is 6.73. The molecule has 1 saturated heterocycles. The van der Waals surface area contributed by atoms with Crippen LogP contribution in [0.2, 0.25) is 0 Å². The van der Waals surface area contributed by atoms with E-state index in [2.05, 4.69) is 0 Å². The molecule has 2 fully saturated rings. The van der Waals surface area contributed by atoms with Crippen molar-refractivity contribution in [2.75, 3.05) is 6.61 Å². The Bertz CT molecular complexity index is 574. The molecule has 3 atom stereocenters. The molecule has 5 heteroatoms. The molecule has 0 spiro atoms. The Balaban J connectivity index is 2.01. The summed E-state index contributed by atoms with van der Waals surface area (Å²) in [7, 11) is 0. The highest BCUT2D eigenvalue weighted by atomic mass is 17.2. The first-order valence-corrected chi connectivity index (χ1v) is 8.28. The fraction of sp³-hybridized carbons (Fsp3) is 0.611. The highest BCUT2D eigenvalue weighted by molar-refractivity contribution is 5.78. The third kappa shape index (κ3) is 2.57. The molecule has 3 rings (SSSR count). The molecule has 1 heterocycles. The minimum Gasteiger partial charge on any atom is -0.465 e. The first kappa shape index (κ1) is 16.4. The van der Waals surface area contributed by atoms with Gasteiger partial charge in [-0.05, 0) is 32.3 Å². The summed E-state index contributed by atoms with van der Waals surface area (Å²) in [4.78, 5) is 23.8. The fourth-order valence-electron chi connectivity index (χ4n) is 3.88. The van der Waals surface area contributed by atoms with Crippen LogP contribution in [0, 0.1) is 5.41 Å². The summed E-state index contributed by atoms with van der Waals surface area (Å²) in [5.74, 6) is -2.01. The van der Waals surface area contributed by atoms with Crippen LogP contribution < -0.4 is 0 Å². The zero-order valence-electron chi connectivity index (χ0n) is 13.7. The Kier molecular flexibility index (Phi) is 4.21. The predicted octanol–water partition coefficient (Wildman–Crippen LogP) is 3.07. The summed E-state index contributed by atoms with van der Waals surface area (Å²) < 4.78 is 5.30. The molecular formula is C18H24O5. The van der Waals surface area contributed by atoms with Gasteiger partial charge in [-0.3, -0.25) is 4.79 Å². The summed E-state index contributed by atoms with van der Waals surface area (Å²) in [5.41, 5.74) is -0.988. The number of carbonyl (C=O) groups is 1. The standard InChI is InChI=1S/C18H24O5/c1-3-21-15(19)17-11-7-8-12-18(17,20)23-22-16(2,13-17)14-9-5-4-6-10-14/h4-6,9-10,20H,3,7-8,11-13H2,1-2H3.